The topological polar surface area (TPSA) is 35.0 Å². The van der Waals surface area contributed by atoms with Crippen LogP contribution in [0.2, 0.25) is 5.15 Å². The second-order valence-electron chi connectivity index (χ2n) is 2.02. The molecule has 0 aliphatic rings. The molecule has 0 N–H and O–H groups in total. The van der Waals surface area contributed by atoms with Crippen molar-refractivity contribution in [2.45, 2.75) is 6.92 Å². The van der Waals surface area contributed by atoms with Gasteiger partial charge in [-0.3, -0.25) is 4.98 Å². The first-order chi connectivity index (χ1) is 5.83. The van der Waals surface area contributed by atoms with Crippen molar-refractivity contribution in [2.75, 3.05) is 6.61 Å². The molecule has 0 fully saturated rings. The van der Waals surface area contributed by atoms with Gasteiger partial charge in [-0.05, 0) is 13.0 Å². The average molecular weight is 185 g/mol. The molecule has 4 heteroatoms. The molecular weight excluding hydrogens is 176 g/mol. The lowest BCUT2D eigenvalue weighted by molar-refractivity contribution is 0.272. The number of nitrogens with zero attached hydrogens (tertiary/aromatic N) is 2. The van der Waals surface area contributed by atoms with Gasteiger partial charge in [0.05, 0.1) is 31.0 Å². The number of halogens is 1. The summed E-state index contributed by atoms with van der Waals surface area (Å²) in [7, 11) is 0. The van der Waals surface area contributed by atoms with Gasteiger partial charge in [-0.2, -0.15) is 0 Å². The Morgan fingerprint density at radius 3 is 3.08 bits per heavy atom. The van der Waals surface area contributed by atoms with E-state index in [1.807, 2.05) is 6.92 Å². The summed E-state index contributed by atoms with van der Waals surface area (Å²) in [6.07, 6.45) is 6.38. The zero-order valence-corrected chi connectivity index (χ0v) is 7.45. The molecule has 1 aromatic rings. The van der Waals surface area contributed by atoms with E-state index in [4.69, 9.17) is 16.3 Å². The Kier molecular flexibility index (Phi) is 3.54. The van der Waals surface area contributed by atoms with Gasteiger partial charge in [0.25, 0.3) is 0 Å². The van der Waals surface area contributed by atoms with Crippen molar-refractivity contribution in [1.29, 1.82) is 0 Å². The minimum atomic E-state index is 0.383. The fraction of sp³-hybridized carbons (Fsp3) is 0.250. The summed E-state index contributed by atoms with van der Waals surface area (Å²) in [5, 5.41) is 0.383. The van der Waals surface area contributed by atoms with Gasteiger partial charge in [0.2, 0.25) is 0 Å². The molecule has 0 bridgehead atoms. The highest BCUT2D eigenvalue weighted by molar-refractivity contribution is 6.29. The summed E-state index contributed by atoms with van der Waals surface area (Å²) >= 11 is 5.61. The second-order valence-corrected chi connectivity index (χ2v) is 2.41. The maximum Gasteiger partial charge on any atom is 0.148 e. The van der Waals surface area contributed by atoms with Gasteiger partial charge in [0.1, 0.15) is 5.15 Å². The summed E-state index contributed by atoms with van der Waals surface area (Å²) in [6.45, 7) is 2.55. The molecular formula is C8H9ClN2O. The molecule has 0 atom stereocenters. The monoisotopic (exact) mass is 184 g/mol. The average Bonchev–Trinajstić information content (AvgIpc) is 2.05. The Hall–Kier alpha value is -1.09. The van der Waals surface area contributed by atoms with Crippen LogP contribution in [0.4, 0.5) is 0 Å². The van der Waals surface area contributed by atoms with Crippen LogP contribution >= 0.6 is 11.6 Å². The van der Waals surface area contributed by atoms with Gasteiger partial charge in [-0.15, -0.1) is 0 Å². The van der Waals surface area contributed by atoms with E-state index in [2.05, 4.69) is 9.97 Å². The van der Waals surface area contributed by atoms with Gasteiger partial charge in [0, 0.05) is 0 Å². The van der Waals surface area contributed by atoms with Crippen LogP contribution in [0.25, 0.3) is 6.08 Å². The Morgan fingerprint density at radius 2 is 2.42 bits per heavy atom. The molecule has 0 aliphatic heterocycles. The smallest absolute Gasteiger partial charge is 0.148 e. The molecule has 0 aromatic carbocycles. The minimum Gasteiger partial charge on any atom is -0.501 e. The first-order valence-electron chi connectivity index (χ1n) is 3.58. The van der Waals surface area contributed by atoms with Gasteiger partial charge < -0.3 is 4.74 Å². The van der Waals surface area contributed by atoms with Crippen LogP contribution in [-0.4, -0.2) is 16.6 Å². The van der Waals surface area contributed by atoms with Crippen LogP contribution in [0, 0.1) is 0 Å². The van der Waals surface area contributed by atoms with E-state index in [-0.39, 0.29) is 0 Å². The molecule has 0 saturated carbocycles. The van der Waals surface area contributed by atoms with Crippen LogP contribution in [0.1, 0.15) is 12.6 Å². The Balaban J connectivity index is 2.63. The fourth-order valence-corrected chi connectivity index (χ4v) is 0.804. The zero-order valence-electron chi connectivity index (χ0n) is 6.70. The quantitative estimate of drug-likeness (QED) is 0.676. The van der Waals surface area contributed by atoms with Crippen LogP contribution in [0.15, 0.2) is 18.7 Å². The van der Waals surface area contributed by atoms with Gasteiger partial charge in [-0.1, -0.05) is 11.6 Å². The number of hydrogen-bond acceptors (Lipinski definition) is 3. The molecule has 64 valence electrons. The van der Waals surface area contributed by atoms with E-state index in [9.17, 15) is 0 Å². The van der Waals surface area contributed by atoms with Crippen molar-refractivity contribution in [3.8, 4) is 0 Å². The standard InChI is InChI=1S/C8H9ClN2O/c1-2-12-4-3-7-5-10-6-8(9)11-7/h3-6H,2H2,1H3. The fourth-order valence-electron chi connectivity index (χ4n) is 0.651. The van der Waals surface area contributed by atoms with Crippen molar-refractivity contribution in [3.05, 3.63) is 29.5 Å². The molecule has 0 spiro atoms. The Morgan fingerprint density at radius 1 is 1.58 bits per heavy atom. The van der Waals surface area contributed by atoms with Gasteiger partial charge in [-0.25, -0.2) is 4.98 Å². The number of ether oxygens (including phenoxy) is 1. The van der Waals surface area contributed by atoms with Crippen molar-refractivity contribution >= 4 is 17.7 Å². The number of rotatable bonds is 3. The minimum absolute atomic E-state index is 0.383. The SMILES string of the molecule is CCOC=Cc1cncc(Cl)n1. The highest BCUT2D eigenvalue weighted by Crippen LogP contribution is 2.03. The van der Waals surface area contributed by atoms with Crippen molar-refractivity contribution in [1.82, 2.24) is 9.97 Å². The largest absolute Gasteiger partial charge is 0.501 e. The van der Waals surface area contributed by atoms with E-state index in [1.165, 1.54) is 6.20 Å². The van der Waals surface area contributed by atoms with E-state index in [0.717, 1.165) is 0 Å². The molecule has 1 heterocycles. The van der Waals surface area contributed by atoms with Gasteiger partial charge >= 0.3 is 0 Å². The summed E-state index contributed by atoms with van der Waals surface area (Å²) in [6, 6.07) is 0. The van der Waals surface area contributed by atoms with Crippen LogP contribution in [0.5, 0.6) is 0 Å². The molecule has 3 nitrogen and oxygen atoms in total. The van der Waals surface area contributed by atoms with Crippen molar-refractivity contribution < 1.29 is 4.74 Å². The number of aromatic nitrogens is 2. The predicted octanol–water partition coefficient (Wildman–Crippen LogP) is 2.14. The maximum absolute atomic E-state index is 5.61. The van der Waals surface area contributed by atoms with E-state index >= 15 is 0 Å². The van der Waals surface area contributed by atoms with E-state index in [1.54, 1.807) is 18.5 Å². The lowest BCUT2D eigenvalue weighted by Crippen LogP contribution is -1.84. The molecule has 1 aromatic heterocycles. The third kappa shape index (κ3) is 2.88. The summed E-state index contributed by atoms with van der Waals surface area (Å²) in [5.41, 5.74) is 0.691. The zero-order chi connectivity index (χ0) is 8.81. The lowest BCUT2D eigenvalue weighted by Gasteiger charge is -1.93. The van der Waals surface area contributed by atoms with Gasteiger partial charge in [0.15, 0.2) is 0 Å². The van der Waals surface area contributed by atoms with Crippen LogP contribution in [0.3, 0.4) is 0 Å². The molecule has 0 saturated heterocycles. The lowest BCUT2D eigenvalue weighted by atomic mass is 10.4. The normalized spacial score (nSPS) is 10.5. The first kappa shape index (κ1) is 9.00. The molecule has 12 heavy (non-hydrogen) atoms. The third-order valence-corrected chi connectivity index (χ3v) is 1.31. The Bertz CT molecular complexity index is 276. The maximum atomic E-state index is 5.61. The summed E-state index contributed by atoms with van der Waals surface area (Å²) in [5.74, 6) is 0. The Labute approximate surface area is 76.1 Å². The summed E-state index contributed by atoms with van der Waals surface area (Å²) < 4.78 is 4.99. The molecule has 0 aliphatic carbocycles. The molecule has 0 unspecified atom stereocenters. The molecule has 1 rings (SSSR count). The molecule has 0 amide bonds. The predicted molar refractivity (Wildman–Crippen MR) is 47.7 cm³/mol. The second kappa shape index (κ2) is 4.72. The number of hydrogen-bond donors (Lipinski definition) is 0. The third-order valence-electron chi connectivity index (χ3n) is 1.13. The highest BCUT2D eigenvalue weighted by atomic mass is 35.5. The van der Waals surface area contributed by atoms with Crippen LogP contribution in [-0.2, 0) is 4.74 Å². The first-order valence-corrected chi connectivity index (χ1v) is 3.96. The van der Waals surface area contributed by atoms with E-state index in [0.29, 0.717) is 17.5 Å². The summed E-state index contributed by atoms with van der Waals surface area (Å²) in [4.78, 5) is 7.84. The molecule has 0 radical (unpaired) electrons. The van der Waals surface area contributed by atoms with E-state index < -0.39 is 0 Å². The van der Waals surface area contributed by atoms with Crippen LogP contribution < -0.4 is 0 Å². The van der Waals surface area contributed by atoms with Crippen molar-refractivity contribution in [3.63, 3.8) is 0 Å². The highest BCUT2D eigenvalue weighted by Gasteiger charge is 1.90. The van der Waals surface area contributed by atoms with Crippen molar-refractivity contribution in [2.24, 2.45) is 0 Å².